The zero-order valence-electron chi connectivity index (χ0n) is 11.7. The Hall–Kier alpha value is -1.39. The minimum atomic E-state index is -0.167. The highest BCUT2D eigenvalue weighted by Gasteiger charge is 2.11. The molecule has 0 spiro atoms. The smallest absolute Gasteiger partial charge is 0.129 e. The Morgan fingerprint density at radius 3 is 2.50 bits per heavy atom. The predicted octanol–water partition coefficient (Wildman–Crippen LogP) is 3.94. The highest BCUT2D eigenvalue weighted by molar-refractivity contribution is 9.10. The summed E-state index contributed by atoms with van der Waals surface area (Å²) in [6.45, 7) is 1.26. The lowest BCUT2D eigenvalue weighted by atomic mass is 10.1. The summed E-state index contributed by atoms with van der Waals surface area (Å²) in [4.78, 5) is 2.07. The normalized spacial score (nSPS) is 10.6. The van der Waals surface area contributed by atoms with Gasteiger partial charge in [-0.15, -0.1) is 0 Å². The van der Waals surface area contributed by atoms with Gasteiger partial charge >= 0.3 is 0 Å². The molecule has 0 aliphatic heterocycles. The van der Waals surface area contributed by atoms with Crippen molar-refractivity contribution in [2.24, 2.45) is 0 Å². The maximum Gasteiger partial charge on any atom is 0.129 e. The SMILES string of the molecule is CNCc1c(F)cccc1N(C)Cc1ccc(Br)cc1. The quantitative estimate of drug-likeness (QED) is 0.889. The fourth-order valence-corrected chi connectivity index (χ4v) is 2.47. The maximum absolute atomic E-state index is 13.9. The zero-order chi connectivity index (χ0) is 14.5. The molecule has 0 heterocycles. The summed E-state index contributed by atoms with van der Waals surface area (Å²) >= 11 is 3.43. The molecular weight excluding hydrogens is 319 g/mol. The van der Waals surface area contributed by atoms with Gasteiger partial charge in [-0.05, 0) is 36.9 Å². The highest BCUT2D eigenvalue weighted by atomic mass is 79.9. The van der Waals surface area contributed by atoms with Crippen molar-refractivity contribution in [3.05, 3.63) is 63.9 Å². The van der Waals surface area contributed by atoms with Gasteiger partial charge in [0.2, 0.25) is 0 Å². The van der Waals surface area contributed by atoms with E-state index in [2.05, 4.69) is 38.3 Å². The molecule has 0 fully saturated rings. The molecular formula is C16H18BrFN2. The summed E-state index contributed by atoms with van der Waals surface area (Å²) in [7, 11) is 3.81. The number of halogens is 2. The number of hydrogen-bond acceptors (Lipinski definition) is 2. The largest absolute Gasteiger partial charge is 0.370 e. The summed E-state index contributed by atoms with van der Waals surface area (Å²) < 4.78 is 15.0. The van der Waals surface area contributed by atoms with Crippen LogP contribution in [0.5, 0.6) is 0 Å². The first kappa shape index (κ1) is 15.0. The second-order valence-electron chi connectivity index (χ2n) is 4.75. The van der Waals surface area contributed by atoms with E-state index in [1.165, 1.54) is 11.6 Å². The van der Waals surface area contributed by atoms with Gasteiger partial charge in [0.1, 0.15) is 5.82 Å². The van der Waals surface area contributed by atoms with Crippen LogP contribution >= 0.6 is 15.9 Å². The first-order valence-corrected chi connectivity index (χ1v) is 7.28. The summed E-state index contributed by atoms with van der Waals surface area (Å²) in [5, 5.41) is 3.02. The minimum Gasteiger partial charge on any atom is -0.370 e. The van der Waals surface area contributed by atoms with Gasteiger partial charge in [0.25, 0.3) is 0 Å². The van der Waals surface area contributed by atoms with Crippen LogP contribution in [-0.4, -0.2) is 14.1 Å². The first-order chi connectivity index (χ1) is 9.61. The average molecular weight is 337 g/mol. The van der Waals surface area contributed by atoms with Gasteiger partial charge in [0.05, 0.1) is 0 Å². The zero-order valence-corrected chi connectivity index (χ0v) is 13.2. The van der Waals surface area contributed by atoms with Gasteiger partial charge in [-0.2, -0.15) is 0 Å². The summed E-state index contributed by atoms with van der Waals surface area (Å²) in [6.07, 6.45) is 0. The molecule has 0 aliphatic carbocycles. The molecule has 0 bridgehead atoms. The van der Waals surface area contributed by atoms with Crippen LogP contribution < -0.4 is 10.2 Å². The van der Waals surface area contributed by atoms with E-state index in [0.29, 0.717) is 12.1 Å². The van der Waals surface area contributed by atoms with E-state index < -0.39 is 0 Å². The molecule has 0 atom stereocenters. The van der Waals surface area contributed by atoms with Crippen LogP contribution in [0.1, 0.15) is 11.1 Å². The monoisotopic (exact) mass is 336 g/mol. The van der Waals surface area contributed by atoms with Crippen molar-refractivity contribution in [3.63, 3.8) is 0 Å². The van der Waals surface area contributed by atoms with E-state index in [1.54, 1.807) is 6.07 Å². The predicted molar refractivity (Wildman–Crippen MR) is 85.4 cm³/mol. The second kappa shape index (κ2) is 6.86. The summed E-state index contributed by atoms with van der Waals surface area (Å²) in [6, 6.07) is 13.4. The highest BCUT2D eigenvalue weighted by Crippen LogP contribution is 2.24. The average Bonchev–Trinajstić information content (AvgIpc) is 2.43. The van der Waals surface area contributed by atoms with E-state index in [9.17, 15) is 4.39 Å². The molecule has 2 nitrogen and oxygen atoms in total. The second-order valence-corrected chi connectivity index (χ2v) is 5.67. The summed E-state index contributed by atoms with van der Waals surface area (Å²) in [5.41, 5.74) is 2.81. The Labute approximate surface area is 127 Å². The summed E-state index contributed by atoms with van der Waals surface area (Å²) in [5.74, 6) is -0.167. The van der Waals surface area contributed by atoms with Crippen LogP contribution in [-0.2, 0) is 13.1 Å². The molecule has 0 aliphatic rings. The van der Waals surface area contributed by atoms with Crippen molar-refractivity contribution < 1.29 is 4.39 Å². The van der Waals surface area contributed by atoms with Crippen molar-refractivity contribution in [1.82, 2.24) is 5.32 Å². The molecule has 0 unspecified atom stereocenters. The van der Waals surface area contributed by atoms with Crippen molar-refractivity contribution in [1.29, 1.82) is 0 Å². The molecule has 0 radical (unpaired) electrons. The van der Waals surface area contributed by atoms with Gasteiger partial charge in [0, 0.05) is 35.9 Å². The number of nitrogens with zero attached hydrogens (tertiary/aromatic N) is 1. The van der Waals surface area contributed by atoms with Crippen LogP contribution in [0.3, 0.4) is 0 Å². The van der Waals surface area contributed by atoms with E-state index in [0.717, 1.165) is 16.7 Å². The molecule has 0 saturated heterocycles. The Morgan fingerprint density at radius 2 is 1.85 bits per heavy atom. The van der Waals surface area contributed by atoms with E-state index >= 15 is 0 Å². The molecule has 106 valence electrons. The van der Waals surface area contributed by atoms with Crippen LogP contribution in [0.2, 0.25) is 0 Å². The van der Waals surface area contributed by atoms with Gasteiger partial charge in [0.15, 0.2) is 0 Å². The third kappa shape index (κ3) is 3.58. The number of hydrogen-bond donors (Lipinski definition) is 1. The molecule has 0 amide bonds. The molecule has 0 saturated carbocycles. The van der Waals surface area contributed by atoms with Crippen molar-refractivity contribution >= 4 is 21.6 Å². The maximum atomic E-state index is 13.9. The van der Waals surface area contributed by atoms with Gasteiger partial charge in [-0.3, -0.25) is 0 Å². The molecule has 2 aromatic carbocycles. The molecule has 4 heteroatoms. The minimum absolute atomic E-state index is 0.167. The number of anilines is 1. The lowest BCUT2D eigenvalue weighted by Crippen LogP contribution is -2.20. The number of benzene rings is 2. The molecule has 2 aromatic rings. The fraction of sp³-hybridized carbons (Fsp3) is 0.250. The van der Waals surface area contributed by atoms with E-state index in [-0.39, 0.29) is 5.82 Å². The van der Waals surface area contributed by atoms with Gasteiger partial charge < -0.3 is 10.2 Å². The Bertz CT molecular complexity index is 569. The van der Waals surface area contributed by atoms with E-state index in [1.807, 2.05) is 32.3 Å². The molecule has 20 heavy (non-hydrogen) atoms. The van der Waals surface area contributed by atoms with Gasteiger partial charge in [-0.1, -0.05) is 34.1 Å². The number of rotatable bonds is 5. The molecule has 0 aromatic heterocycles. The third-order valence-corrected chi connectivity index (χ3v) is 3.72. The Kier molecular flexibility index (Phi) is 5.15. The fourth-order valence-electron chi connectivity index (χ4n) is 2.21. The molecule has 1 N–H and O–H groups in total. The lowest BCUT2D eigenvalue weighted by Gasteiger charge is -2.23. The first-order valence-electron chi connectivity index (χ1n) is 6.49. The van der Waals surface area contributed by atoms with E-state index in [4.69, 9.17) is 0 Å². The standard InChI is InChI=1S/C16H18BrFN2/c1-19-10-14-15(18)4-3-5-16(14)20(2)11-12-6-8-13(17)9-7-12/h3-9,19H,10-11H2,1-2H3. The Morgan fingerprint density at radius 1 is 1.15 bits per heavy atom. The van der Waals surface area contributed by atoms with Crippen molar-refractivity contribution in [2.75, 3.05) is 19.0 Å². The van der Waals surface area contributed by atoms with Crippen LogP contribution in [0.4, 0.5) is 10.1 Å². The number of nitrogens with one attached hydrogen (secondary N) is 1. The van der Waals surface area contributed by atoms with Crippen LogP contribution in [0.25, 0.3) is 0 Å². The van der Waals surface area contributed by atoms with Crippen molar-refractivity contribution in [2.45, 2.75) is 13.1 Å². The topological polar surface area (TPSA) is 15.3 Å². The lowest BCUT2D eigenvalue weighted by molar-refractivity contribution is 0.599. The Balaban J connectivity index is 2.22. The van der Waals surface area contributed by atoms with Gasteiger partial charge in [-0.25, -0.2) is 4.39 Å². The molecule has 2 rings (SSSR count). The third-order valence-electron chi connectivity index (χ3n) is 3.19. The van der Waals surface area contributed by atoms with Crippen LogP contribution in [0.15, 0.2) is 46.9 Å². The van der Waals surface area contributed by atoms with Crippen molar-refractivity contribution in [3.8, 4) is 0 Å². The van der Waals surface area contributed by atoms with Crippen LogP contribution in [0, 0.1) is 5.82 Å².